The van der Waals surface area contributed by atoms with E-state index < -0.39 is 5.54 Å². The van der Waals surface area contributed by atoms with Crippen LogP contribution in [0.1, 0.15) is 44.4 Å². The van der Waals surface area contributed by atoms with Crippen LogP contribution in [0.15, 0.2) is 59.7 Å². The van der Waals surface area contributed by atoms with Crippen LogP contribution in [0, 0.1) is 5.82 Å². The van der Waals surface area contributed by atoms with Gasteiger partial charge in [0.2, 0.25) is 0 Å². The summed E-state index contributed by atoms with van der Waals surface area (Å²) in [6.07, 6.45) is 0.378. The molecule has 1 atom stereocenters. The number of hydrogen-bond acceptors (Lipinski definition) is 4. The van der Waals surface area contributed by atoms with E-state index in [2.05, 4.69) is 10.4 Å². The van der Waals surface area contributed by atoms with E-state index in [4.69, 9.17) is 4.74 Å². The zero-order chi connectivity index (χ0) is 24.0. The van der Waals surface area contributed by atoms with Crippen LogP contribution >= 0.6 is 0 Å². The predicted molar refractivity (Wildman–Crippen MR) is 125 cm³/mol. The molecule has 3 rings (SSSR count). The molecular formula is C25H31FN4O3. The lowest BCUT2D eigenvalue weighted by atomic mass is 9.98. The van der Waals surface area contributed by atoms with Crippen molar-refractivity contribution in [3.05, 3.63) is 71.5 Å². The number of benzene rings is 2. The molecule has 1 N–H and O–H groups in total. The molecule has 2 aromatic carbocycles. The first-order valence-corrected chi connectivity index (χ1v) is 10.9. The minimum Gasteiger partial charge on any atom is -0.383 e. The molecule has 0 aliphatic carbocycles. The van der Waals surface area contributed by atoms with Gasteiger partial charge in [-0.3, -0.25) is 4.79 Å². The Morgan fingerprint density at radius 2 is 1.82 bits per heavy atom. The van der Waals surface area contributed by atoms with Gasteiger partial charge in [0.1, 0.15) is 12.4 Å². The van der Waals surface area contributed by atoms with Gasteiger partial charge in [-0.05, 0) is 32.4 Å². The Morgan fingerprint density at radius 3 is 2.45 bits per heavy atom. The zero-order valence-corrected chi connectivity index (χ0v) is 19.5. The maximum Gasteiger partial charge on any atom is 0.318 e. The predicted octanol–water partition coefficient (Wildman–Crippen LogP) is 3.96. The van der Waals surface area contributed by atoms with E-state index in [1.54, 1.807) is 25.3 Å². The summed E-state index contributed by atoms with van der Waals surface area (Å²) in [5.41, 5.74) is 1.30. The second kappa shape index (κ2) is 10.6. The van der Waals surface area contributed by atoms with Gasteiger partial charge in [0.25, 0.3) is 5.91 Å². The molecular weight excluding hydrogens is 423 g/mol. The highest BCUT2D eigenvalue weighted by Crippen LogP contribution is 2.33. The number of nitrogens with one attached hydrogen (secondary N) is 1. The van der Waals surface area contributed by atoms with Crippen LogP contribution in [-0.4, -0.2) is 59.9 Å². The number of hydrogen-bond donors (Lipinski definition) is 1. The molecule has 3 amide bonds. The average molecular weight is 455 g/mol. The third kappa shape index (κ3) is 6.38. The normalized spacial score (nSPS) is 15.8. The monoisotopic (exact) mass is 454 g/mol. The van der Waals surface area contributed by atoms with Gasteiger partial charge >= 0.3 is 6.03 Å². The molecule has 176 valence electrons. The smallest absolute Gasteiger partial charge is 0.318 e. The fourth-order valence-electron chi connectivity index (χ4n) is 3.62. The summed E-state index contributed by atoms with van der Waals surface area (Å²) in [6.45, 7) is 5.98. The van der Waals surface area contributed by atoms with E-state index in [1.165, 1.54) is 16.0 Å². The Hall–Kier alpha value is -3.26. The summed E-state index contributed by atoms with van der Waals surface area (Å²) in [6, 6.07) is 15.2. The number of ether oxygens (including phenoxy) is 1. The number of hydrazone groups is 1. The largest absolute Gasteiger partial charge is 0.383 e. The molecule has 0 unspecified atom stereocenters. The fraction of sp³-hybridized carbons (Fsp3) is 0.400. The summed E-state index contributed by atoms with van der Waals surface area (Å²) in [4.78, 5) is 27.6. The lowest BCUT2D eigenvalue weighted by molar-refractivity contribution is -0.133. The van der Waals surface area contributed by atoms with Gasteiger partial charge in [0.05, 0.1) is 18.4 Å². The van der Waals surface area contributed by atoms with E-state index in [0.29, 0.717) is 17.7 Å². The van der Waals surface area contributed by atoms with Crippen LogP contribution < -0.4 is 5.32 Å². The Balaban J connectivity index is 1.88. The summed E-state index contributed by atoms with van der Waals surface area (Å²) in [5, 5.41) is 8.78. The first-order chi connectivity index (χ1) is 15.7. The number of rotatable bonds is 7. The third-order valence-corrected chi connectivity index (χ3v) is 5.20. The van der Waals surface area contributed by atoms with Crippen molar-refractivity contribution >= 4 is 17.6 Å². The highest BCUT2D eigenvalue weighted by molar-refractivity contribution is 6.03. The van der Waals surface area contributed by atoms with E-state index in [-0.39, 0.29) is 43.5 Å². The van der Waals surface area contributed by atoms with Crippen molar-refractivity contribution in [3.63, 3.8) is 0 Å². The SMILES string of the molecule is COCCN(CC(=O)N1N=C(c2ccccc2F)C[C@H]1c1ccccc1)C(=O)NC(C)(C)C. The number of carbonyl (C=O) groups excluding carboxylic acids is 2. The van der Waals surface area contributed by atoms with Gasteiger partial charge < -0.3 is 15.0 Å². The molecule has 0 bridgehead atoms. The molecule has 1 heterocycles. The molecule has 0 spiro atoms. The van der Waals surface area contributed by atoms with Gasteiger partial charge in [-0.1, -0.05) is 48.5 Å². The summed E-state index contributed by atoms with van der Waals surface area (Å²) in [7, 11) is 1.54. The zero-order valence-electron chi connectivity index (χ0n) is 19.5. The van der Waals surface area contributed by atoms with Crippen molar-refractivity contribution in [2.75, 3.05) is 26.8 Å². The first-order valence-electron chi connectivity index (χ1n) is 10.9. The molecule has 2 aromatic rings. The van der Waals surface area contributed by atoms with Crippen LogP contribution in [-0.2, 0) is 9.53 Å². The van der Waals surface area contributed by atoms with Gasteiger partial charge in [0, 0.05) is 31.2 Å². The molecule has 0 aromatic heterocycles. The minimum atomic E-state index is -0.457. The quantitative estimate of drug-likeness (QED) is 0.688. The lowest BCUT2D eigenvalue weighted by Gasteiger charge is -2.30. The topological polar surface area (TPSA) is 74.2 Å². The third-order valence-electron chi connectivity index (χ3n) is 5.20. The first kappa shape index (κ1) is 24.4. The Bertz CT molecular complexity index is 1000. The van der Waals surface area contributed by atoms with Gasteiger partial charge in [-0.25, -0.2) is 14.2 Å². The molecule has 33 heavy (non-hydrogen) atoms. The number of methoxy groups -OCH3 is 1. The lowest BCUT2D eigenvalue weighted by Crippen LogP contribution is -2.52. The Labute approximate surface area is 194 Å². The fourth-order valence-corrected chi connectivity index (χ4v) is 3.62. The molecule has 0 saturated carbocycles. The second-order valence-electron chi connectivity index (χ2n) is 8.99. The standard InChI is InChI=1S/C25H31FN4O3/c1-25(2,3)27-24(32)29(14-15-33-4)17-23(31)30-22(18-10-6-5-7-11-18)16-21(28-30)19-12-8-9-13-20(19)26/h5-13,22H,14-17H2,1-4H3,(H,27,32)/t22-/m0/s1. The number of carbonyl (C=O) groups is 2. The summed E-state index contributed by atoms with van der Waals surface area (Å²) in [5.74, 6) is -0.737. The van der Waals surface area contributed by atoms with Crippen LogP contribution in [0.4, 0.5) is 9.18 Å². The molecule has 1 aliphatic rings. The molecule has 8 heteroatoms. The van der Waals surface area contributed by atoms with Crippen molar-refractivity contribution in [2.24, 2.45) is 5.10 Å². The summed E-state index contributed by atoms with van der Waals surface area (Å²) < 4.78 is 19.6. The van der Waals surface area contributed by atoms with E-state index in [1.807, 2.05) is 51.1 Å². The van der Waals surface area contributed by atoms with Crippen LogP contribution in [0.2, 0.25) is 0 Å². The van der Waals surface area contributed by atoms with Crippen LogP contribution in [0.25, 0.3) is 0 Å². The highest BCUT2D eigenvalue weighted by Gasteiger charge is 2.35. The number of halogens is 1. The minimum absolute atomic E-state index is 0.178. The molecule has 0 fully saturated rings. The van der Waals surface area contributed by atoms with Crippen molar-refractivity contribution in [1.82, 2.24) is 15.2 Å². The second-order valence-corrected chi connectivity index (χ2v) is 8.99. The highest BCUT2D eigenvalue weighted by atomic mass is 19.1. The molecule has 1 aliphatic heterocycles. The van der Waals surface area contributed by atoms with Gasteiger partial charge in [-0.2, -0.15) is 5.10 Å². The van der Waals surface area contributed by atoms with Gasteiger partial charge in [0.15, 0.2) is 0 Å². The van der Waals surface area contributed by atoms with Crippen LogP contribution in [0.3, 0.4) is 0 Å². The maximum atomic E-state index is 14.5. The molecule has 0 saturated heterocycles. The van der Waals surface area contributed by atoms with Crippen molar-refractivity contribution in [2.45, 2.75) is 38.8 Å². The molecule has 0 radical (unpaired) electrons. The van der Waals surface area contributed by atoms with Crippen molar-refractivity contribution < 1.29 is 18.7 Å². The van der Waals surface area contributed by atoms with Crippen molar-refractivity contribution in [3.8, 4) is 0 Å². The van der Waals surface area contributed by atoms with Crippen molar-refractivity contribution in [1.29, 1.82) is 0 Å². The number of nitrogens with zero attached hydrogens (tertiary/aromatic N) is 3. The van der Waals surface area contributed by atoms with E-state index in [9.17, 15) is 14.0 Å². The Morgan fingerprint density at radius 1 is 1.15 bits per heavy atom. The van der Waals surface area contributed by atoms with E-state index >= 15 is 0 Å². The van der Waals surface area contributed by atoms with E-state index in [0.717, 1.165) is 5.56 Å². The van der Waals surface area contributed by atoms with Crippen LogP contribution in [0.5, 0.6) is 0 Å². The maximum absolute atomic E-state index is 14.5. The Kier molecular flexibility index (Phi) is 7.81. The molecule has 7 nitrogen and oxygen atoms in total. The summed E-state index contributed by atoms with van der Waals surface area (Å²) >= 11 is 0. The number of urea groups is 1. The van der Waals surface area contributed by atoms with Gasteiger partial charge in [-0.15, -0.1) is 0 Å². The number of amides is 3. The average Bonchev–Trinajstić information content (AvgIpc) is 3.21.